The molecule has 1 aliphatic heterocycles. The number of hydrogen-bond donors (Lipinski definition) is 1. The van der Waals surface area contributed by atoms with Gasteiger partial charge in [-0.2, -0.15) is 0 Å². The summed E-state index contributed by atoms with van der Waals surface area (Å²) in [4.78, 5) is 24.6. The molecule has 1 heterocycles. The fourth-order valence-electron chi connectivity index (χ4n) is 2.53. The van der Waals surface area contributed by atoms with Crippen molar-refractivity contribution < 1.29 is 27.5 Å². The van der Waals surface area contributed by atoms with Crippen LogP contribution in [0.5, 0.6) is 5.75 Å². The molecule has 0 bridgehead atoms. The fraction of sp³-hybridized carbons (Fsp3) is 0.500. The normalized spacial score (nSPS) is 15.0. The van der Waals surface area contributed by atoms with Crippen molar-refractivity contribution in [3.63, 3.8) is 0 Å². The molecule has 1 saturated heterocycles. The molecule has 8 nitrogen and oxygen atoms in total. The summed E-state index contributed by atoms with van der Waals surface area (Å²) < 4.78 is 37.7. The van der Waals surface area contributed by atoms with Crippen molar-refractivity contribution in [3.8, 4) is 5.75 Å². The Hall–Kier alpha value is -1.97. The van der Waals surface area contributed by atoms with Crippen LogP contribution in [0.25, 0.3) is 0 Å². The van der Waals surface area contributed by atoms with Crippen LogP contribution < -0.4 is 14.4 Å². The van der Waals surface area contributed by atoms with Gasteiger partial charge in [-0.05, 0) is 31.0 Å². The van der Waals surface area contributed by atoms with E-state index in [1.807, 2.05) is 0 Å². The lowest BCUT2D eigenvalue weighted by atomic mass is 10.2. The van der Waals surface area contributed by atoms with Crippen molar-refractivity contribution in [2.45, 2.75) is 30.6 Å². The summed E-state index contributed by atoms with van der Waals surface area (Å²) in [5.41, 5.74) is 0.230. The highest BCUT2D eigenvalue weighted by Crippen LogP contribution is 2.31. The number of imide groups is 1. The topological polar surface area (TPSA) is 102 Å². The molecule has 0 radical (unpaired) electrons. The number of rotatable bonds is 9. The molecule has 1 aromatic rings. The van der Waals surface area contributed by atoms with Crippen molar-refractivity contribution in [1.29, 1.82) is 0 Å². The number of anilines is 1. The van der Waals surface area contributed by atoms with Crippen LogP contribution in [-0.2, 0) is 24.3 Å². The van der Waals surface area contributed by atoms with Crippen molar-refractivity contribution in [1.82, 2.24) is 4.72 Å². The second-order valence-electron chi connectivity index (χ2n) is 5.56. The van der Waals surface area contributed by atoms with Crippen LogP contribution in [0.2, 0.25) is 0 Å². The number of nitrogens with one attached hydrogen (secondary N) is 1. The lowest BCUT2D eigenvalue weighted by Crippen LogP contribution is -2.29. The first kappa shape index (κ1) is 19.4. The molecular formula is C16H22N2O6S. The highest BCUT2D eigenvalue weighted by Gasteiger charge is 2.31. The number of methoxy groups -OCH3 is 2. The largest absolute Gasteiger partial charge is 0.495 e. The van der Waals surface area contributed by atoms with Crippen LogP contribution in [0.15, 0.2) is 23.1 Å². The molecule has 1 aliphatic rings. The fourth-order valence-corrected chi connectivity index (χ4v) is 3.80. The number of sulfonamides is 1. The number of carbonyl (C=O) groups excluding carboxylic acids is 2. The summed E-state index contributed by atoms with van der Waals surface area (Å²) in [6.07, 6.45) is 1.61. The van der Waals surface area contributed by atoms with E-state index in [0.29, 0.717) is 13.0 Å². The SMILES string of the molecule is COCCCCNS(=O)(=O)c1cc(N2C(=O)CCC2=O)ccc1OC. The van der Waals surface area contributed by atoms with Crippen molar-refractivity contribution in [3.05, 3.63) is 18.2 Å². The number of carbonyl (C=O) groups is 2. The smallest absolute Gasteiger partial charge is 0.244 e. The van der Waals surface area contributed by atoms with Crippen LogP contribution in [0.1, 0.15) is 25.7 Å². The Morgan fingerprint density at radius 3 is 2.40 bits per heavy atom. The van der Waals surface area contributed by atoms with E-state index in [2.05, 4.69) is 4.72 Å². The van der Waals surface area contributed by atoms with Crippen LogP contribution in [0.4, 0.5) is 5.69 Å². The van der Waals surface area contributed by atoms with Crippen LogP contribution >= 0.6 is 0 Å². The van der Waals surface area contributed by atoms with Crippen LogP contribution in [-0.4, -0.2) is 47.6 Å². The molecule has 0 aliphatic carbocycles. The van der Waals surface area contributed by atoms with Gasteiger partial charge in [-0.1, -0.05) is 0 Å². The van der Waals surface area contributed by atoms with E-state index in [1.54, 1.807) is 7.11 Å². The Bertz CT molecular complexity index is 731. The minimum Gasteiger partial charge on any atom is -0.495 e. The van der Waals surface area contributed by atoms with E-state index >= 15 is 0 Å². The first-order valence-corrected chi connectivity index (χ1v) is 9.41. The van der Waals surface area contributed by atoms with E-state index in [9.17, 15) is 18.0 Å². The van der Waals surface area contributed by atoms with Gasteiger partial charge in [0.2, 0.25) is 21.8 Å². The maximum Gasteiger partial charge on any atom is 0.244 e. The Balaban J connectivity index is 2.24. The molecular weight excluding hydrogens is 348 g/mol. The van der Waals surface area contributed by atoms with E-state index in [1.165, 1.54) is 25.3 Å². The van der Waals surface area contributed by atoms with Crippen molar-refractivity contribution >= 4 is 27.5 Å². The minimum absolute atomic E-state index is 0.105. The predicted octanol–water partition coefficient (Wildman–Crippen LogP) is 1.05. The quantitative estimate of drug-likeness (QED) is 0.515. The van der Waals surface area contributed by atoms with Gasteiger partial charge in [0.15, 0.2) is 0 Å². The first-order chi connectivity index (χ1) is 11.9. The second-order valence-corrected chi connectivity index (χ2v) is 7.29. The van der Waals surface area contributed by atoms with Gasteiger partial charge in [0.1, 0.15) is 10.6 Å². The van der Waals surface area contributed by atoms with Gasteiger partial charge in [-0.3, -0.25) is 14.5 Å². The van der Waals surface area contributed by atoms with E-state index in [4.69, 9.17) is 9.47 Å². The summed E-state index contributed by atoms with van der Waals surface area (Å²) in [6.45, 7) is 0.806. The van der Waals surface area contributed by atoms with Crippen LogP contribution in [0.3, 0.4) is 0 Å². The first-order valence-electron chi connectivity index (χ1n) is 7.93. The lowest BCUT2D eigenvalue weighted by molar-refractivity contribution is -0.121. The summed E-state index contributed by atoms with van der Waals surface area (Å²) in [5.74, 6) is -0.538. The molecule has 1 aromatic carbocycles. The lowest BCUT2D eigenvalue weighted by Gasteiger charge is -2.17. The molecule has 0 spiro atoms. The van der Waals surface area contributed by atoms with E-state index < -0.39 is 10.0 Å². The Labute approximate surface area is 147 Å². The number of ether oxygens (including phenoxy) is 2. The number of nitrogens with zero attached hydrogens (tertiary/aromatic N) is 1. The number of unbranched alkanes of at least 4 members (excludes halogenated alkanes) is 1. The maximum atomic E-state index is 12.6. The van der Waals surface area contributed by atoms with Crippen molar-refractivity contribution in [2.75, 3.05) is 32.3 Å². The highest BCUT2D eigenvalue weighted by molar-refractivity contribution is 7.89. The maximum absolute atomic E-state index is 12.6. The second kappa shape index (κ2) is 8.41. The molecule has 0 unspecified atom stereocenters. The molecule has 9 heteroatoms. The number of amides is 2. The third kappa shape index (κ3) is 4.56. The summed E-state index contributed by atoms with van der Waals surface area (Å²) in [6, 6.07) is 4.22. The van der Waals surface area contributed by atoms with Gasteiger partial charge in [-0.15, -0.1) is 0 Å². The zero-order valence-electron chi connectivity index (χ0n) is 14.3. The molecule has 1 fully saturated rings. The Morgan fingerprint density at radius 1 is 1.12 bits per heavy atom. The van der Waals surface area contributed by atoms with Gasteiger partial charge in [-0.25, -0.2) is 13.1 Å². The molecule has 1 N–H and O–H groups in total. The average Bonchev–Trinajstić information content (AvgIpc) is 2.92. The molecule has 138 valence electrons. The zero-order chi connectivity index (χ0) is 18.4. The number of hydrogen-bond acceptors (Lipinski definition) is 6. The molecule has 2 rings (SSSR count). The standard InChI is InChI=1S/C16H22N2O6S/c1-23-10-4-3-9-17-25(21,22)14-11-12(5-6-13(14)24-2)18-15(19)7-8-16(18)20/h5-6,11,17H,3-4,7-10H2,1-2H3. The van der Waals surface area contributed by atoms with Gasteiger partial charge < -0.3 is 9.47 Å². The molecule has 0 aromatic heterocycles. The van der Waals surface area contributed by atoms with Gasteiger partial charge >= 0.3 is 0 Å². The van der Waals surface area contributed by atoms with E-state index in [-0.39, 0.29) is 47.5 Å². The summed E-state index contributed by atoms with van der Waals surface area (Å²) in [5, 5.41) is 0. The minimum atomic E-state index is -3.84. The summed E-state index contributed by atoms with van der Waals surface area (Å²) >= 11 is 0. The molecule has 0 atom stereocenters. The molecule has 2 amide bonds. The highest BCUT2D eigenvalue weighted by atomic mass is 32.2. The third-order valence-electron chi connectivity index (χ3n) is 3.81. The van der Waals surface area contributed by atoms with Crippen LogP contribution in [0, 0.1) is 0 Å². The molecule has 0 saturated carbocycles. The Morgan fingerprint density at radius 2 is 1.80 bits per heavy atom. The van der Waals surface area contributed by atoms with Crippen molar-refractivity contribution in [2.24, 2.45) is 0 Å². The van der Waals surface area contributed by atoms with E-state index in [0.717, 1.165) is 11.3 Å². The number of benzene rings is 1. The average molecular weight is 370 g/mol. The van der Waals surface area contributed by atoms with Gasteiger partial charge in [0.25, 0.3) is 0 Å². The monoisotopic (exact) mass is 370 g/mol. The third-order valence-corrected chi connectivity index (χ3v) is 5.30. The molecule has 25 heavy (non-hydrogen) atoms. The Kier molecular flexibility index (Phi) is 6.51. The summed E-state index contributed by atoms with van der Waals surface area (Å²) in [7, 11) is -0.898. The predicted molar refractivity (Wildman–Crippen MR) is 91.0 cm³/mol. The van der Waals surface area contributed by atoms with Gasteiger partial charge in [0, 0.05) is 33.1 Å². The van der Waals surface area contributed by atoms with Gasteiger partial charge in [0.05, 0.1) is 12.8 Å². The zero-order valence-corrected chi connectivity index (χ0v) is 15.1.